The molecule has 0 heterocycles. The lowest BCUT2D eigenvalue weighted by Gasteiger charge is -2.40. The molecule has 0 radical (unpaired) electrons. The molecule has 0 saturated heterocycles. The van der Waals surface area contributed by atoms with E-state index < -0.39 is 33.1 Å². The number of methoxy groups -OCH3 is 1. The summed E-state index contributed by atoms with van der Waals surface area (Å²) in [6, 6.07) is 12.4. The fourth-order valence-electron chi connectivity index (χ4n) is 7.78. The van der Waals surface area contributed by atoms with Crippen LogP contribution in [0.1, 0.15) is 158 Å². The third-order valence-corrected chi connectivity index (χ3v) is 15.7. The molecular formula is C45H69Cl2NO4S2. The van der Waals surface area contributed by atoms with Gasteiger partial charge < -0.3 is 4.74 Å². The number of benzene rings is 2. The Kier molecular flexibility index (Phi) is 14.9. The van der Waals surface area contributed by atoms with Gasteiger partial charge in [0.2, 0.25) is 0 Å². The van der Waals surface area contributed by atoms with Crippen LogP contribution in [0.4, 0.5) is 0 Å². The van der Waals surface area contributed by atoms with Gasteiger partial charge in [0.15, 0.2) is 0 Å². The first kappa shape index (κ1) is 46.8. The van der Waals surface area contributed by atoms with E-state index in [1.54, 1.807) is 0 Å². The Morgan fingerprint density at radius 1 is 0.778 bits per heavy atom. The monoisotopic (exact) mass is 821 g/mol. The lowest BCUT2D eigenvalue weighted by Crippen LogP contribution is -2.47. The Bertz CT molecular complexity index is 1740. The Morgan fingerprint density at radius 3 is 1.59 bits per heavy atom. The molecule has 0 bridgehead atoms. The molecule has 2 saturated carbocycles. The number of hydrogen-bond acceptors (Lipinski definition) is 4. The van der Waals surface area contributed by atoms with Crippen LogP contribution in [-0.2, 0) is 36.7 Å². The van der Waals surface area contributed by atoms with Crippen molar-refractivity contribution in [3.63, 3.8) is 0 Å². The third-order valence-electron chi connectivity index (χ3n) is 11.3. The summed E-state index contributed by atoms with van der Waals surface area (Å²) >= 11 is 13.3. The molecule has 5 nitrogen and oxygen atoms in total. The van der Waals surface area contributed by atoms with Crippen LogP contribution in [0.15, 0.2) is 40.8 Å². The summed E-state index contributed by atoms with van der Waals surface area (Å²) in [5.74, 6) is 2.10. The molecule has 0 amide bonds. The number of rotatable bonds is 10. The van der Waals surface area contributed by atoms with Crippen LogP contribution >= 0.6 is 23.2 Å². The van der Waals surface area contributed by atoms with Gasteiger partial charge >= 0.3 is 5.97 Å². The van der Waals surface area contributed by atoms with Crippen molar-refractivity contribution in [3.8, 4) is 0 Å². The smallest absolute Gasteiger partial charge is 0.309 e. The Hall–Kier alpha value is -1.54. The quantitative estimate of drug-likeness (QED) is 0.177. The molecule has 4 rings (SSSR count). The van der Waals surface area contributed by atoms with Crippen LogP contribution in [0.5, 0.6) is 0 Å². The fraction of sp³-hybridized carbons (Fsp3) is 0.689. The highest BCUT2D eigenvalue weighted by Gasteiger charge is 2.49. The maximum atomic E-state index is 13.2. The first-order valence-electron chi connectivity index (χ1n) is 19.5. The molecule has 2 fully saturated rings. The molecule has 0 spiro atoms. The number of halogens is 2. The van der Waals surface area contributed by atoms with Gasteiger partial charge in [0.05, 0.1) is 23.5 Å². The molecule has 2 aromatic rings. The predicted molar refractivity (Wildman–Crippen MR) is 234 cm³/mol. The topological polar surface area (TPSA) is 72.8 Å². The van der Waals surface area contributed by atoms with Gasteiger partial charge in [-0.1, -0.05) is 110 Å². The second-order valence-electron chi connectivity index (χ2n) is 20.4. The zero-order chi connectivity index (χ0) is 41.5. The van der Waals surface area contributed by atoms with E-state index in [-0.39, 0.29) is 26.8 Å². The minimum absolute atomic E-state index is 0.0292. The predicted octanol–water partition coefficient (Wildman–Crippen LogP) is 12.5. The van der Waals surface area contributed by atoms with E-state index in [1.165, 1.54) is 24.7 Å². The second-order valence-corrected chi connectivity index (χ2v) is 25.3. The SMILES string of the molecule is CC(=N[S@@](=O)C(C)(C)C)c1ccc([C@@H]2C[C@H]2C(C)(C)C)c(Cl)c1.COC(=O)C(C(C)C)[C@@](C)(C[S@@](=O)C(C)(C)C)c1ccc([C@@H]2C[C@H]2C(C)(C)C)c(Cl)c1. The molecule has 0 N–H and O–H groups in total. The van der Waals surface area contributed by atoms with Crippen LogP contribution < -0.4 is 0 Å². The first-order chi connectivity index (χ1) is 24.4. The minimum Gasteiger partial charge on any atom is -0.469 e. The van der Waals surface area contributed by atoms with Gasteiger partial charge in [-0.15, -0.1) is 0 Å². The van der Waals surface area contributed by atoms with E-state index >= 15 is 0 Å². The highest BCUT2D eigenvalue weighted by atomic mass is 35.5. The number of nitrogens with zero attached hydrogens (tertiary/aromatic N) is 1. The molecule has 2 aromatic carbocycles. The van der Waals surface area contributed by atoms with Crippen molar-refractivity contribution in [1.82, 2.24) is 0 Å². The van der Waals surface area contributed by atoms with Crippen molar-refractivity contribution in [2.75, 3.05) is 12.9 Å². The highest BCUT2D eigenvalue weighted by molar-refractivity contribution is 7.86. The average molecular weight is 823 g/mol. The standard InChI is InChI=1S/C26H41ClO3S.C19H28ClNOS/c1-16(2)22(23(28)30-10)26(9,15-31(29)25(6,7)8)17-11-12-18(21(27)13-17)19-14-20(19)24(3,4)5;1-12(21-23(22)19(5,6)7)13-8-9-14(17(20)10-13)15-11-16(15)18(2,3)4/h11-13,16,19-20,22H,14-15H2,1-10H3;8-10,15-16H,11H2,1-7H3/t19-,20+,22?,26-,31+;15-,16+,23-/m00/s1. The van der Waals surface area contributed by atoms with Crippen LogP contribution in [0.3, 0.4) is 0 Å². The molecule has 304 valence electrons. The van der Waals surface area contributed by atoms with Crippen molar-refractivity contribution < 1.29 is 17.9 Å². The van der Waals surface area contributed by atoms with Crippen molar-refractivity contribution in [1.29, 1.82) is 0 Å². The summed E-state index contributed by atoms with van der Waals surface area (Å²) in [4.78, 5) is 12.9. The zero-order valence-electron chi connectivity index (χ0n) is 36.2. The molecule has 1 unspecified atom stereocenters. The normalized spacial score (nSPS) is 23.4. The fourth-order valence-corrected chi connectivity index (χ4v) is 10.4. The van der Waals surface area contributed by atoms with E-state index in [0.29, 0.717) is 34.8 Å². The Balaban J connectivity index is 0.000000303. The largest absolute Gasteiger partial charge is 0.469 e. The number of esters is 1. The number of ether oxygens (including phenoxy) is 1. The molecule has 2 aliphatic carbocycles. The zero-order valence-corrected chi connectivity index (χ0v) is 39.3. The van der Waals surface area contributed by atoms with Crippen LogP contribution in [0.25, 0.3) is 0 Å². The van der Waals surface area contributed by atoms with E-state index in [9.17, 15) is 13.2 Å². The minimum atomic E-state index is -1.25. The van der Waals surface area contributed by atoms with Crippen molar-refractivity contribution in [3.05, 3.63) is 68.7 Å². The lowest BCUT2D eigenvalue weighted by atomic mass is 9.68. The van der Waals surface area contributed by atoms with Gasteiger partial charge in [0.25, 0.3) is 0 Å². The maximum Gasteiger partial charge on any atom is 0.309 e. The van der Waals surface area contributed by atoms with Crippen molar-refractivity contribution in [2.24, 2.45) is 38.9 Å². The summed E-state index contributed by atoms with van der Waals surface area (Å²) in [6.45, 7) is 33.4. The molecule has 8 atom stereocenters. The average Bonchev–Trinajstić information content (AvgIpc) is 3.94. The van der Waals surface area contributed by atoms with Gasteiger partial charge in [-0.2, -0.15) is 4.40 Å². The summed E-state index contributed by atoms with van der Waals surface area (Å²) in [6.07, 6.45) is 2.37. The summed E-state index contributed by atoms with van der Waals surface area (Å²) in [7, 11) is -0.963. The summed E-state index contributed by atoms with van der Waals surface area (Å²) < 4.78 is 34.2. The highest BCUT2D eigenvalue weighted by Crippen LogP contribution is 2.59. The van der Waals surface area contributed by atoms with Crippen LogP contribution in [0, 0.1) is 34.5 Å². The van der Waals surface area contributed by atoms with E-state index in [2.05, 4.69) is 70.2 Å². The molecule has 0 aliphatic heterocycles. The molecule has 0 aromatic heterocycles. The van der Waals surface area contributed by atoms with E-state index in [0.717, 1.165) is 33.3 Å². The number of carbonyl (C=O) groups excluding carboxylic acids is 1. The van der Waals surface area contributed by atoms with E-state index in [4.69, 9.17) is 27.9 Å². The van der Waals surface area contributed by atoms with Gasteiger partial charge in [0.1, 0.15) is 11.0 Å². The van der Waals surface area contributed by atoms with Gasteiger partial charge in [0, 0.05) is 36.8 Å². The molecule has 54 heavy (non-hydrogen) atoms. The maximum absolute atomic E-state index is 13.2. The molecular weight excluding hydrogens is 754 g/mol. The molecule has 9 heteroatoms. The molecule has 2 aliphatic rings. The summed E-state index contributed by atoms with van der Waals surface area (Å²) in [5, 5.41) is 1.55. The number of hydrogen-bond donors (Lipinski definition) is 0. The first-order valence-corrected chi connectivity index (χ1v) is 22.7. The Morgan fingerprint density at radius 2 is 1.24 bits per heavy atom. The lowest BCUT2D eigenvalue weighted by molar-refractivity contribution is -0.149. The van der Waals surface area contributed by atoms with Crippen molar-refractivity contribution in [2.45, 2.75) is 150 Å². The summed E-state index contributed by atoms with van der Waals surface area (Å²) in [5.41, 5.74) is 5.03. The van der Waals surface area contributed by atoms with Crippen LogP contribution in [-0.4, -0.2) is 42.5 Å². The second kappa shape index (κ2) is 17.1. The van der Waals surface area contributed by atoms with Gasteiger partial charge in [-0.05, 0) is 136 Å². The van der Waals surface area contributed by atoms with Gasteiger partial charge in [-0.3, -0.25) is 9.00 Å². The number of carbonyl (C=O) groups is 1. The van der Waals surface area contributed by atoms with Gasteiger partial charge in [-0.25, -0.2) is 4.21 Å². The van der Waals surface area contributed by atoms with E-state index in [1.807, 2.05) is 81.4 Å². The Labute approximate surface area is 343 Å². The van der Waals surface area contributed by atoms with Crippen LogP contribution in [0.2, 0.25) is 10.0 Å². The third kappa shape index (κ3) is 11.5. The van der Waals surface area contributed by atoms with Crippen molar-refractivity contribution >= 4 is 56.7 Å².